The fraction of sp³-hybridized carbons (Fsp3) is 0.304. The maximum Gasteiger partial charge on any atom is 0.227 e. The average Bonchev–Trinajstić information content (AvgIpc) is 3.56. The Morgan fingerprint density at radius 1 is 1.16 bits per heavy atom. The monoisotopic (exact) mass is 424 g/mol. The van der Waals surface area contributed by atoms with E-state index >= 15 is 4.39 Å². The van der Waals surface area contributed by atoms with Crippen molar-refractivity contribution in [1.29, 1.82) is 0 Å². The number of nitrogens with one attached hydrogen (secondary N) is 1. The van der Waals surface area contributed by atoms with E-state index in [0.717, 1.165) is 12.8 Å². The van der Waals surface area contributed by atoms with Crippen molar-refractivity contribution in [2.75, 3.05) is 5.32 Å². The van der Waals surface area contributed by atoms with Crippen LogP contribution in [0.2, 0.25) is 0 Å². The topological polar surface area (TPSA) is 77.0 Å². The number of hydrogen-bond acceptors (Lipinski definition) is 5. The minimum atomic E-state index is -0.623. The van der Waals surface area contributed by atoms with Crippen molar-refractivity contribution in [3.05, 3.63) is 65.0 Å². The number of aryl methyl sites for hydroxylation is 3. The Bertz CT molecular complexity index is 1160. The summed E-state index contributed by atoms with van der Waals surface area (Å²) >= 11 is 0. The Labute approximate surface area is 178 Å². The number of amides is 1. The van der Waals surface area contributed by atoms with Gasteiger partial charge in [0.05, 0.1) is 17.6 Å². The number of aromatic nitrogens is 3. The average molecular weight is 424 g/mol. The number of carbonyl (C=O) groups is 1. The fourth-order valence-corrected chi connectivity index (χ4v) is 3.26. The van der Waals surface area contributed by atoms with Crippen LogP contribution in [0.15, 0.2) is 30.6 Å². The molecule has 8 heteroatoms. The van der Waals surface area contributed by atoms with E-state index in [1.807, 2.05) is 0 Å². The third kappa shape index (κ3) is 4.52. The highest BCUT2D eigenvalue weighted by atomic mass is 19.1. The standard InChI is InChI=1S/C23H22F2N4O2/c1-12-8-17(9-27-22(12)25)20-18(29-23(30)15-4-5-15)7-6-16(21(20)24)11-31-19-10-26-14(3)28-13(19)2/h6-10,15H,4-5,11H2,1-3H3,(H,29,30). The summed E-state index contributed by atoms with van der Waals surface area (Å²) in [7, 11) is 0. The molecular formula is C23H22F2N4O2. The maximum atomic E-state index is 15.6. The molecule has 0 unspecified atom stereocenters. The first-order chi connectivity index (χ1) is 14.8. The Morgan fingerprint density at radius 3 is 2.61 bits per heavy atom. The highest BCUT2D eigenvalue weighted by Crippen LogP contribution is 2.36. The van der Waals surface area contributed by atoms with Gasteiger partial charge in [0.15, 0.2) is 5.75 Å². The van der Waals surface area contributed by atoms with E-state index in [4.69, 9.17) is 4.74 Å². The second-order valence-electron chi connectivity index (χ2n) is 7.71. The number of hydrogen-bond donors (Lipinski definition) is 1. The van der Waals surface area contributed by atoms with Crippen LogP contribution >= 0.6 is 0 Å². The van der Waals surface area contributed by atoms with Crippen LogP contribution in [0.5, 0.6) is 5.75 Å². The summed E-state index contributed by atoms with van der Waals surface area (Å²) in [6.45, 7) is 5.06. The third-order valence-corrected chi connectivity index (χ3v) is 5.17. The van der Waals surface area contributed by atoms with E-state index < -0.39 is 11.8 Å². The summed E-state index contributed by atoms with van der Waals surface area (Å²) < 4.78 is 35.0. The Balaban J connectivity index is 1.69. The summed E-state index contributed by atoms with van der Waals surface area (Å²) in [5, 5.41) is 2.80. The summed E-state index contributed by atoms with van der Waals surface area (Å²) in [5.74, 6) is -0.306. The van der Waals surface area contributed by atoms with Crippen LogP contribution in [0.1, 0.15) is 35.5 Å². The molecule has 31 heavy (non-hydrogen) atoms. The molecule has 0 bridgehead atoms. The maximum absolute atomic E-state index is 15.6. The quantitative estimate of drug-likeness (QED) is 0.582. The fourth-order valence-electron chi connectivity index (χ4n) is 3.26. The molecular weight excluding hydrogens is 402 g/mol. The van der Waals surface area contributed by atoms with Gasteiger partial charge in [-0.05, 0) is 45.7 Å². The van der Waals surface area contributed by atoms with E-state index in [0.29, 0.717) is 28.5 Å². The van der Waals surface area contributed by atoms with Gasteiger partial charge >= 0.3 is 0 Å². The summed E-state index contributed by atoms with van der Waals surface area (Å²) in [4.78, 5) is 24.4. The van der Waals surface area contributed by atoms with Gasteiger partial charge in [0.1, 0.15) is 18.2 Å². The Hall–Kier alpha value is -3.42. The summed E-state index contributed by atoms with van der Waals surface area (Å²) in [6, 6.07) is 4.71. The van der Waals surface area contributed by atoms with E-state index in [9.17, 15) is 9.18 Å². The van der Waals surface area contributed by atoms with E-state index in [-0.39, 0.29) is 35.1 Å². The van der Waals surface area contributed by atoms with Crippen LogP contribution in [0.25, 0.3) is 11.1 Å². The largest absolute Gasteiger partial charge is 0.485 e. The second kappa shape index (κ2) is 8.37. The lowest BCUT2D eigenvalue weighted by Gasteiger charge is -2.16. The number of rotatable bonds is 6. The molecule has 1 saturated carbocycles. The van der Waals surface area contributed by atoms with Crippen LogP contribution < -0.4 is 10.1 Å². The number of anilines is 1. The van der Waals surface area contributed by atoms with Crippen LogP contribution in [0.4, 0.5) is 14.5 Å². The molecule has 3 aromatic rings. The summed E-state index contributed by atoms with van der Waals surface area (Å²) in [6.07, 6.45) is 4.46. The lowest BCUT2D eigenvalue weighted by molar-refractivity contribution is -0.117. The van der Waals surface area contributed by atoms with Gasteiger partial charge in [-0.25, -0.2) is 19.3 Å². The first kappa shape index (κ1) is 20.8. The van der Waals surface area contributed by atoms with Crippen molar-refractivity contribution in [3.8, 4) is 16.9 Å². The van der Waals surface area contributed by atoms with Crippen LogP contribution in [0.3, 0.4) is 0 Å². The van der Waals surface area contributed by atoms with Gasteiger partial charge in [0.2, 0.25) is 11.9 Å². The molecule has 1 aliphatic carbocycles. The van der Waals surface area contributed by atoms with Crippen LogP contribution in [-0.4, -0.2) is 20.9 Å². The number of halogens is 2. The number of carbonyl (C=O) groups excluding carboxylic acids is 1. The lowest BCUT2D eigenvalue weighted by atomic mass is 10.00. The molecule has 0 radical (unpaired) electrons. The zero-order chi connectivity index (χ0) is 22.1. The number of benzene rings is 1. The molecule has 0 spiro atoms. The van der Waals surface area contributed by atoms with E-state index in [1.165, 1.54) is 12.3 Å². The second-order valence-corrected chi connectivity index (χ2v) is 7.71. The first-order valence-electron chi connectivity index (χ1n) is 10.0. The van der Waals surface area contributed by atoms with E-state index in [2.05, 4.69) is 20.3 Å². The lowest BCUT2D eigenvalue weighted by Crippen LogP contribution is -2.15. The minimum absolute atomic E-state index is 0.0449. The van der Waals surface area contributed by atoms with Crippen molar-refractivity contribution in [1.82, 2.24) is 15.0 Å². The zero-order valence-electron chi connectivity index (χ0n) is 17.5. The summed E-state index contributed by atoms with van der Waals surface area (Å²) in [5.41, 5.74) is 2.06. The number of pyridine rings is 1. The molecule has 1 amide bonds. The molecule has 1 aromatic carbocycles. The number of nitrogens with zero attached hydrogens (tertiary/aromatic N) is 3. The van der Waals surface area contributed by atoms with Crippen molar-refractivity contribution < 1.29 is 18.3 Å². The third-order valence-electron chi connectivity index (χ3n) is 5.17. The molecule has 1 fully saturated rings. The molecule has 0 atom stereocenters. The highest BCUT2D eigenvalue weighted by Gasteiger charge is 2.30. The molecule has 1 N–H and O–H groups in total. The smallest absolute Gasteiger partial charge is 0.227 e. The molecule has 2 heterocycles. The molecule has 2 aromatic heterocycles. The van der Waals surface area contributed by atoms with E-state index in [1.54, 1.807) is 39.1 Å². The van der Waals surface area contributed by atoms with Gasteiger partial charge < -0.3 is 10.1 Å². The first-order valence-corrected chi connectivity index (χ1v) is 10.0. The van der Waals surface area contributed by atoms with Gasteiger partial charge in [-0.2, -0.15) is 4.39 Å². The highest BCUT2D eigenvalue weighted by molar-refractivity contribution is 5.98. The van der Waals surface area contributed by atoms with Crippen molar-refractivity contribution in [3.63, 3.8) is 0 Å². The van der Waals surface area contributed by atoms with Crippen LogP contribution in [-0.2, 0) is 11.4 Å². The van der Waals surface area contributed by atoms with Crippen molar-refractivity contribution in [2.24, 2.45) is 5.92 Å². The van der Waals surface area contributed by atoms with Gasteiger partial charge in [0, 0.05) is 34.4 Å². The van der Waals surface area contributed by atoms with Crippen molar-refractivity contribution >= 4 is 11.6 Å². The molecule has 1 aliphatic rings. The van der Waals surface area contributed by atoms with Crippen LogP contribution in [0, 0.1) is 38.5 Å². The predicted molar refractivity (Wildman–Crippen MR) is 112 cm³/mol. The molecule has 0 aliphatic heterocycles. The number of ether oxygens (including phenoxy) is 1. The Kier molecular flexibility index (Phi) is 5.63. The molecule has 4 rings (SSSR count). The minimum Gasteiger partial charge on any atom is -0.485 e. The zero-order valence-corrected chi connectivity index (χ0v) is 17.5. The van der Waals surface area contributed by atoms with Gasteiger partial charge in [-0.1, -0.05) is 6.07 Å². The molecule has 160 valence electrons. The van der Waals surface area contributed by atoms with Gasteiger partial charge in [-0.3, -0.25) is 4.79 Å². The molecule has 6 nitrogen and oxygen atoms in total. The normalized spacial score (nSPS) is 13.2. The van der Waals surface area contributed by atoms with Crippen molar-refractivity contribution in [2.45, 2.75) is 40.2 Å². The van der Waals surface area contributed by atoms with Gasteiger partial charge in [-0.15, -0.1) is 0 Å². The van der Waals surface area contributed by atoms with Gasteiger partial charge in [0.25, 0.3) is 0 Å². The predicted octanol–water partition coefficient (Wildman–Crippen LogP) is 4.67. The SMILES string of the molecule is Cc1ncc(OCc2ccc(NC(=O)C3CC3)c(-c3cnc(F)c(C)c3)c2F)c(C)n1. The Morgan fingerprint density at radius 2 is 1.94 bits per heavy atom. The molecule has 0 saturated heterocycles.